The second-order valence-corrected chi connectivity index (χ2v) is 12.6. The number of hydrogen-bond donors (Lipinski definition) is 1. The molecule has 1 aliphatic carbocycles. The lowest BCUT2D eigenvalue weighted by Crippen LogP contribution is -2.43. The number of benzene rings is 1. The highest BCUT2D eigenvalue weighted by Gasteiger charge is 2.52. The van der Waals surface area contributed by atoms with Gasteiger partial charge >= 0.3 is 0 Å². The average molecular weight is 478 g/mol. The highest BCUT2D eigenvalue weighted by Crippen LogP contribution is 2.57. The molecule has 0 bridgehead atoms. The number of ether oxygens (including phenoxy) is 3. The number of fused-ring (bicyclic) bond motifs is 4. The van der Waals surface area contributed by atoms with Crippen molar-refractivity contribution < 1.29 is 19.3 Å². The minimum Gasteiger partial charge on any atom is -0.388 e. The van der Waals surface area contributed by atoms with Crippen molar-refractivity contribution in [3.63, 3.8) is 0 Å². The normalized spacial score (nSPS) is 28.0. The minimum atomic E-state index is -0.515. The highest BCUT2D eigenvalue weighted by molar-refractivity contribution is 5.54. The Hall–Kier alpha value is -1.79. The molecule has 6 rings (SSSR count). The maximum atomic E-state index is 11.5. The molecular weight excluding hydrogens is 438 g/mol. The molecule has 0 saturated carbocycles. The molecule has 5 nitrogen and oxygen atoms in total. The van der Waals surface area contributed by atoms with Crippen molar-refractivity contribution in [3.8, 4) is 0 Å². The van der Waals surface area contributed by atoms with Gasteiger partial charge in [-0.25, -0.2) is 0 Å². The van der Waals surface area contributed by atoms with Gasteiger partial charge in [-0.2, -0.15) is 0 Å². The standard InChI is InChI=1S/C30H39NO4/c1-18(2)26-24-25(23-21(31-26)14-28(3,4)15-22(23)32)30(10-12-33-13-11-30)35-27(24)19-6-8-20(9-7-19)29(5)16-34-17-29/h6-9,18,22,27,32H,10-17H2,1-5H3. The van der Waals surface area contributed by atoms with E-state index in [9.17, 15) is 5.11 Å². The van der Waals surface area contributed by atoms with Gasteiger partial charge in [0.05, 0.1) is 24.9 Å². The molecule has 2 atom stereocenters. The van der Waals surface area contributed by atoms with Crippen LogP contribution in [0.25, 0.3) is 0 Å². The number of aliphatic hydroxyl groups excluding tert-OH is 1. The van der Waals surface area contributed by atoms with E-state index in [4.69, 9.17) is 19.2 Å². The predicted octanol–water partition coefficient (Wildman–Crippen LogP) is 5.62. The van der Waals surface area contributed by atoms with E-state index in [-0.39, 0.29) is 22.9 Å². The first-order valence-corrected chi connectivity index (χ1v) is 13.3. The predicted molar refractivity (Wildman–Crippen MR) is 135 cm³/mol. The van der Waals surface area contributed by atoms with Gasteiger partial charge in [-0.1, -0.05) is 58.9 Å². The molecule has 1 aromatic heterocycles. The molecule has 1 N–H and O–H groups in total. The lowest BCUT2D eigenvalue weighted by atomic mass is 9.70. The van der Waals surface area contributed by atoms with Crippen LogP contribution in [-0.2, 0) is 31.6 Å². The first-order valence-electron chi connectivity index (χ1n) is 13.3. The van der Waals surface area contributed by atoms with Gasteiger partial charge in [0.2, 0.25) is 0 Å². The van der Waals surface area contributed by atoms with Gasteiger partial charge in [0.25, 0.3) is 0 Å². The topological polar surface area (TPSA) is 60.8 Å². The summed E-state index contributed by atoms with van der Waals surface area (Å²) < 4.78 is 18.4. The van der Waals surface area contributed by atoms with Crippen molar-refractivity contribution in [1.82, 2.24) is 4.98 Å². The first-order chi connectivity index (χ1) is 16.6. The fraction of sp³-hybridized carbons (Fsp3) is 0.633. The summed E-state index contributed by atoms with van der Waals surface area (Å²) in [6.45, 7) is 14.1. The molecule has 5 heteroatoms. The summed E-state index contributed by atoms with van der Waals surface area (Å²) in [6, 6.07) is 8.95. The van der Waals surface area contributed by atoms with Crippen molar-refractivity contribution in [2.75, 3.05) is 26.4 Å². The van der Waals surface area contributed by atoms with Gasteiger partial charge < -0.3 is 19.3 Å². The van der Waals surface area contributed by atoms with Gasteiger partial charge in [-0.3, -0.25) is 4.98 Å². The fourth-order valence-electron chi connectivity index (χ4n) is 6.81. The Morgan fingerprint density at radius 3 is 2.26 bits per heavy atom. The van der Waals surface area contributed by atoms with E-state index in [1.165, 1.54) is 16.7 Å². The van der Waals surface area contributed by atoms with Crippen LogP contribution in [0.2, 0.25) is 0 Å². The van der Waals surface area contributed by atoms with E-state index in [2.05, 4.69) is 58.9 Å². The second kappa shape index (κ2) is 8.11. The van der Waals surface area contributed by atoms with Crippen LogP contribution in [0.5, 0.6) is 0 Å². The van der Waals surface area contributed by atoms with E-state index in [1.54, 1.807) is 0 Å². The van der Waals surface area contributed by atoms with Gasteiger partial charge in [-0.05, 0) is 40.9 Å². The zero-order chi connectivity index (χ0) is 24.6. The van der Waals surface area contributed by atoms with Gasteiger partial charge in [0.15, 0.2) is 0 Å². The molecule has 0 radical (unpaired) electrons. The zero-order valence-electron chi connectivity index (χ0n) is 21.8. The van der Waals surface area contributed by atoms with Crippen molar-refractivity contribution in [2.24, 2.45) is 5.41 Å². The number of hydrogen-bond acceptors (Lipinski definition) is 5. The van der Waals surface area contributed by atoms with Crippen LogP contribution in [0.15, 0.2) is 24.3 Å². The molecule has 2 unspecified atom stereocenters. The molecule has 3 aliphatic heterocycles. The number of rotatable bonds is 3. The Bertz CT molecular complexity index is 1130. The Balaban J connectivity index is 1.53. The van der Waals surface area contributed by atoms with E-state index in [0.29, 0.717) is 13.2 Å². The van der Waals surface area contributed by atoms with Crippen LogP contribution in [0.1, 0.15) is 111 Å². The van der Waals surface area contributed by atoms with Crippen LogP contribution < -0.4 is 0 Å². The Morgan fingerprint density at radius 1 is 0.971 bits per heavy atom. The van der Waals surface area contributed by atoms with Crippen molar-refractivity contribution in [3.05, 3.63) is 63.5 Å². The average Bonchev–Trinajstić information content (AvgIpc) is 3.10. The maximum Gasteiger partial charge on any atom is 0.111 e. The SMILES string of the molecule is CC(C)c1nc2c(c3c1C(c1ccc(C4(C)COC4)cc1)OC31CCOCC1)C(O)CC(C)(C)C2. The van der Waals surface area contributed by atoms with E-state index < -0.39 is 11.7 Å². The molecule has 2 fully saturated rings. The third-order valence-electron chi connectivity index (χ3n) is 8.77. The molecule has 4 heterocycles. The van der Waals surface area contributed by atoms with Crippen molar-refractivity contribution in [1.29, 1.82) is 0 Å². The molecular formula is C30H39NO4. The van der Waals surface area contributed by atoms with E-state index >= 15 is 0 Å². The summed E-state index contributed by atoms with van der Waals surface area (Å²) in [5.74, 6) is 0.266. The summed E-state index contributed by atoms with van der Waals surface area (Å²) >= 11 is 0. The van der Waals surface area contributed by atoms with Crippen LogP contribution in [-0.4, -0.2) is 36.5 Å². The molecule has 0 amide bonds. The summed E-state index contributed by atoms with van der Waals surface area (Å²) in [5, 5.41) is 11.5. The highest BCUT2D eigenvalue weighted by atomic mass is 16.5. The van der Waals surface area contributed by atoms with Gasteiger partial charge in [0, 0.05) is 54.0 Å². The lowest BCUT2D eigenvalue weighted by molar-refractivity contribution is -0.122. The molecule has 4 aliphatic rings. The Kier molecular flexibility index (Phi) is 5.47. The molecule has 2 aromatic rings. The third kappa shape index (κ3) is 3.69. The first kappa shape index (κ1) is 23.6. The molecule has 1 aromatic carbocycles. The van der Waals surface area contributed by atoms with Crippen LogP contribution in [0.4, 0.5) is 0 Å². The Labute approximate surface area is 209 Å². The van der Waals surface area contributed by atoms with Crippen LogP contribution in [0, 0.1) is 5.41 Å². The van der Waals surface area contributed by atoms with E-state index in [0.717, 1.165) is 61.4 Å². The third-order valence-corrected chi connectivity index (χ3v) is 8.77. The Morgan fingerprint density at radius 2 is 1.66 bits per heavy atom. The maximum absolute atomic E-state index is 11.5. The molecule has 1 spiro atoms. The fourth-order valence-corrected chi connectivity index (χ4v) is 6.81. The van der Waals surface area contributed by atoms with Gasteiger partial charge in [0.1, 0.15) is 6.10 Å². The number of nitrogens with zero attached hydrogens (tertiary/aromatic N) is 1. The smallest absolute Gasteiger partial charge is 0.111 e. The molecule has 188 valence electrons. The summed E-state index contributed by atoms with van der Waals surface area (Å²) in [6.07, 6.45) is 2.57. The summed E-state index contributed by atoms with van der Waals surface area (Å²) in [5.41, 5.74) is 7.86. The monoisotopic (exact) mass is 477 g/mol. The number of pyridine rings is 1. The van der Waals surface area contributed by atoms with Crippen molar-refractivity contribution in [2.45, 2.75) is 89.4 Å². The van der Waals surface area contributed by atoms with Gasteiger partial charge in [-0.15, -0.1) is 0 Å². The second-order valence-electron chi connectivity index (χ2n) is 12.6. The lowest BCUT2D eigenvalue weighted by Gasteiger charge is -2.40. The van der Waals surface area contributed by atoms with E-state index in [1.807, 2.05) is 0 Å². The number of aromatic nitrogens is 1. The van der Waals surface area contributed by atoms with Crippen molar-refractivity contribution >= 4 is 0 Å². The molecule has 2 saturated heterocycles. The summed E-state index contributed by atoms with van der Waals surface area (Å²) in [4.78, 5) is 5.28. The summed E-state index contributed by atoms with van der Waals surface area (Å²) in [7, 11) is 0. The molecule has 35 heavy (non-hydrogen) atoms. The quantitative estimate of drug-likeness (QED) is 0.621. The minimum absolute atomic E-state index is 0.0286. The van der Waals surface area contributed by atoms with Crippen LogP contribution >= 0.6 is 0 Å². The number of aliphatic hydroxyl groups is 1. The zero-order valence-corrected chi connectivity index (χ0v) is 21.8. The largest absolute Gasteiger partial charge is 0.388 e. The van der Waals surface area contributed by atoms with Crippen LogP contribution in [0.3, 0.4) is 0 Å².